The highest BCUT2D eigenvalue weighted by molar-refractivity contribution is 6.05. The minimum atomic E-state index is -0.567. The van der Waals surface area contributed by atoms with E-state index in [1.807, 2.05) is 24.3 Å². The van der Waals surface area contributed by atoms with E-state index in [1.165, 1.54) is 13.2 Å². The molecule has 1 aromatic heterocycles. The van der Waals surface area contributed by atoms with Gasteiger partial charge in [-0.1, -0.05) is 29.4 Å². The number of aromatic nitrogens is 1. The fourth-order valence-corrected chi connectivity index (χ4v) is 2.54. The Balaban J connectivity index is 1.70. The van der Waals surface area contributed by atoms with E-state index < -0.39 is 11.9 Å². The molecule has 7 heteroatoms. The zero-order valence-electron chi connectivity index (χ0n) is 14.9. The predicted octanol–water partition coefficient (Wildman–Crippen LogP) is 3.07. The van der Waals surface area contributed by atoms with Gasteiger partial charge in [-0.15, -0.1) is 0 Å². The maximum Gasteiger partial charge on any atom is 0.338 e. The van der Waals surface area contributed by atoms with Crippen LogP contribution in [0.5, 0.6) is 5.75 Å². The predicted molar refractivity (Wildman–Crippen MR) is 97.4 cm³/mol. The number of carbonyl (C=O) groups excluding carboxylic acids is 2. The Kier molecular flexibility index (Phi) is 5.51. The number of esters is 1. The van der Waals surface area contributed by atoms with Crippen molar-refractivity contribution < 1.29 is 23.6 Å². The molecule has 0 saturated carbocycles. The van der Waals surface area contributed by atoms with Gasteiger partial charge in [-0.2, -0.15) is 0 Å². The second kappa shape index (κ2) is 8.18. The minimum absolute atomic E-state index is 0.155. The van der Waals surface area contributed by atoms with Gasteiger partial charge in [-0.05, 0) is 24.3 Å². The Morgan fingerprint density at radius 3 is 2.56 bits per heavy atom. The van der Waals surface area contributed by atoms with Gasteiger partial charge in [0, 0.05) is 11.6 Å². The molecule has 0 bridgehead atoms. The SMILES string of the molecule is COC(=O)c1ccccc1C(=O)NCc1cc(-c2cccc(OC)c2)on1. The van der Waals surface area contributed by atoms with E-state index in [9.17, 15) is 9.59 Å². The zero-order chi connectivity index (χ0) is 19.2. The normalized spacial score (nSPS) is 10.3. The molecule has 1 amide bonds. The molecule has 0 radical (unpaired) electrons. The van der Waals surface area contributed by atoms with E-state index in [0.717, 1.165) is 5.56 Å². The maximum atomic E-state index is 12.4. The Labute approximate surface area is 155 Å². The van der Waals surface area contributed by atoms with Crippen LogP contribution in [0.25, 0.3) is 11.3 Å². The van der Waals surface area contributed by atoms with Gasteiger partial charge in [0.1, 0.15) is 11.4 Å². The Bertz CT molecular complexity index is 964. The van der Waals surface area contributed by atoms with Crippen molar-refractivity contribution in [2.45, 2.75) is 6.54 Å². The summed E-state index contributed by atoms with van der Waals surface area (Å²) in [4.78, 5) is 24.2. The first-order valence-electron chi connectivity index (χ1n) is 8.18. The molecule has 0 aliphatic heterocycles. The van der Waals surface area contributed by atoms with Crippen molar-refractivity contribution in [3.63, 3.8) is 0 Å². The third-order valence-corrected chi connectivity index (χ3v) is 3.92. The fraction of sp³-hybridized carbons (Fsp3) is 0.150. The summed E-state index contributed by atoms with van der Waals surface area (Å²) >= 11 is 0. The smallest absolute Gasteiger partial charge is 0.338 e. The molecule has 138 valence electrons. The molecule has 1 heterocycles. The third kappa shape index (κ3) is 4.14. The highest BCUT2D eigenvalue weighted by atomic mass is 16.5. The third-order valence-electron chi connectivity index (χ3n) is 3.92. The maximum absolute atomic E-state index is 12.4. The molecule has 0 saturated heterocycles. The van der Waals surface area contributed by atoms with Gasteiger partial charge in [0.25, 0.3) is 5.91 Å². The quantitative estimate of drug-likeness (QED) is 0.674. The van der Waals surface area contributed by atoms with Gasteiger partial charge >= 0.3 is 5.97 Å². The number of amides is 1. The Morgan fingerprint density at radius 2 is 1.81 bits per heavy atom. The molecule has 0 fully saturated rings. The summed E-state index contributed by atoms with van der Waals surface area (Å²) in [7, 11) is 2.86. The van der Waals surface area contributed by atoms with Crippen LogP contribution in [0.15, 0.2) is 59.1 Å². The highest BCUT2D eigenvalue weighted by Crippen LogP contribution is 2.24. The van der Waals surface area contributed by atoms with Crippen molar-refractivity contribution in [3.05, 3.63) is 71.4 Å². The number of hydrogen-bond donors (Lipinski definition) is 1. The molecule has 0 aliphatic rings. The molecule has 0 atom stereocenters. The number of hydrogen-bond acceptors (Lipinski definition) is 6. The molecule has 3 rings (SSSR count). The van der Waals surface area contributed by atoms with Crippen LogP contribution in [0, 0.1) is 0 Å². The van der Waals surface area contributed by atoms with Crippen molar-refractivity contribution in [3.8, 4) is 17.1 Å². The van der Waals surface area contributed by atoms with E-state index in [4.69, 9.17) is 14.0 Å². The summed E-state index contributed by atoms with van der Waals surface area (Å²) in [6.07, 6.45) is 0. The first-order valence-corrected chi connectivity index (χ1v) is 8.18. The molecule has 27 heavy (non-hydrogen) atoms. The summed E-state index contributed by atoms with van der Waals surface area (Å²) in [6, 6.07) is 15.6. The van der Waals surface area contributed by atoms with Gasteiger partial charge in [0.2, 0.25) is 0 Å². The van der Waals surface area contributed by atoms with Crippen molar-refractivity contribution in [1.29, 1.82) is 0 Å². The lowest BCUT2D eigenvalue weighted by Gasteiger charge is -2.07. The molecule has 3 aromatic rings. The second-order valence-corrected chi connectivity index (χ2v) is 5.63. The van der Waals surface area contributed by atoms with Crippen LogP contribution >= 0.6 is 0 Å². The first-order chi connectivity index (χ1) is 13.1. The van der Waals surface area contributed by atoms with E-state index in [1.54, 1.807) is 31.4 Å². The summed E-state index contributed by atoms with van der Waals surface area (Å²) in [5.41, 5.74) is 1.81. The molecular weight excluding hydrogens is 348 g/mol. The number of methoxy groups -OCH3 is 2. The number of rotatable bonds is 6. The molecule has 2 aromatic carbocycles. The fourth-order valence-electron chi connectivity index (χ4n) is 2.54. The van der Waals surface area contributed by atoms with Crippen LogP contribution in [0.3, 0.4) is 0 Å². The van der Waals surface area contributed by atoms with E-state index in [2.05, 4.69) is 10.5 Å². The largest absolute Gasteiger partial charge is 0.497 e. The average Bonchev–Trinajstić information content (AvgIpc) is 3.20. The molecule has 0 spiro atoms. The average molecular weight is 366 g/mol. The first kappa shape index (κ1) is 18.2. The zero-order valence-corrected chi connectivity index (χ0v) is 14.9. The van der Waals surface area contributed by atoms with Gasteiger partial charge in [0.05, 0.1) is 31.9 Å². The van der Waals surface area contributed by atoms with Crippen molar-refractivity contribution in [2.75, 3.05) is 14.2 Å². The molecule has 0 aliphatic carbocycles. The highest BCUT2D eigenvalue weighted by Gasteiger charge is 2.17. The standard InChI is InChI=1S/C20H18N2O5/c1-25-15-7-5-6-13(10-15)18-11-14(22-27-18)12-21-19(23)16-8-3-4-9-17(16)20(24)26-2/h3-11H,12H2,1-2H3,(H,21,23). The van der Waals surface area contributed by atoms with Gasteiger partial charge < -0.3 is 19.3 Å². The molecule has 1 N–H and O–H groups in total. The Hall–Kier alpha value is -3.61. The number of nitrogens with one attached hydrogen (secondary N) is 1. The number of benzene rings is 2. The molecule has 0 unspecified atom stereocenters. The van der Waals surface area contributed by atoms with E-state index in [0.29, 0.717) is 17.2 Å². The summed E-state index contributed by atoms with van der Waals surface area (Å²) in [5, 5.41) is 6.69. The van der Waals surface area contributed by atoms with Crippen LogP contribution in [-0.4, -0.2) is 31.3 Å². The topological polar surface area (TPSA) is 90.7 Å². The number of nitrogens with zero attached hydrogens (tertiary/aromatic N) is 1. The second-order valence-electron chi connectivity index (χ2n) is 5.63. The van der Waals surface area contributed by atoms with Crippen LogP contribution in [0.4, 0.5) is 0 Å². The van der Waals surface area contributed by atoms with Crippen molar-refractivity contribution in [1.82, 2.24) is 10.5 Å². The molecular formula is C20H18N2O5. The van der Waals surface area contributed by atoms with Crippen molar-refractivity contribution >= 4 is 11.9 Å². The monoisotopic (exact) mass is 366 g/mol. The lowest BCUT2D eigenvalue weighted by Crippen LogP contribution is -2.25. The van der Waals surface area contributed by atoms with E-state index in [-0.39, 0.29) is 17.7 Å². The van der Waals surface area contributed by atoms with Gasteiger partial charge in [-0.25, -0.2) is 4.79 Å². The minimum Gasteiger partial charge on any atom is -0.497 e. The molecule has 7 nitrogen and oxygen atoms in total. The van der Waals surface area contributed by atoms with Crippen LogP contribution in [0.1, 0.15) is 26.4 Å². The number of ether oxygens (including phenoxy) is 2. The Morgan fingerprint density at radius 1 is 1.04 bits per heavy atom. The van der Waals surface area contributed by atoms with Gasteiger partial charge in [0.15, 0.2) is 5.76 Å². The van der Waals surface area contributed by atoms with Crippen LogP contribution in [0.2, 0.25) is 0 Å². The summed E-state index contributed by atoms with van der Waals surface area (Å²) in [5.74, 6) is 0.302. The van der Waals surface area contributed by atoms with Crippen LogP contribution < -0.4 is 10.1 Å². The van der Waals surface area contributed by atoms with Gasteiger partial charge in [-0.3, -0.25) is 4.79 Å². The lowest BCUT2D eigenvalue weighted by atomic mass is 10.1. The van der Waals surface area contributed by atoms with Crippen LogP contribution in [-0.2, 0) is 11.3 Å². The summed E-state index contributed by atoms with van der Waals surface area (Å²) in [6.45, 7) is 0.155. The lowest BCUT2D eigenvalue weighted by molar-refractivity contribution is 0.0596. The summed E-state index contributed by atoms with van der Waals surface area (Å²) < 4.78 is 15.2. The van der Waals surface area contributed by atoms with E-state index >= 15 is 0 Å². The van der Waals surface area contributed by atoms with Crippen molar-refractivity contribution in [2.24, 2.45) is 0 Å². The number of carbonyl (C=O) groups is 2.